The smallest absolute Gasteiger partial charge is 0.270 e. The highest BCUT2D eigenvalue weighted by Crippen LogP contribution is 2.26. The van der Waals surface area contributed by atoms with Gasteiger partial charge in [-0.15, -0.1) is 0 Å². The third kappa shape index (κ3) is 4.09. The molecule has 2 heterocycles. The van der Waals surface area contributed by atoms with Gasteiger partial charge in [-0.05, 0) is 56.5 Å². The van der Waals surface area contributed by atoms with Crippen LogP contribution < -0.4 is 4.90 Å². The zero-order chi connectivity index (χ0) is 22.1. The Morgan fingerprint density at radius 2 is 1.61 bits per heavy atom. The summed E-state index contributed by atoms with van der Waals surface area (Å²) in [5.41, 5.74) is 7.14. The molecule has 0 saturated carbocycles. The van der Waals surface area contributed by atoms with Crippen molar-refractivity contribution in [2.45, 2.75) is 34.2 Å². The Bertz CT molecular complexity index is 1110. The minimum atomic E-state index is -0.212. The van der Waals surface area contributed by atoms with Gasteiger partial charge in [0.1, 0.15) is 11.5 Å². The Balaban J connectivity index is 1.56. The summed E-state index contributed by atoms with van der Waals surface area (Å²) in [6.07, 6.45) is 0. The van der Waals surface area contributed by atoms with Gasteiger partial charge < -0.3 is 14.4 Å². The van der Waals surface area contributed by atoms with Crippen LogP contribution in [0.25, 0.3) is 0 Å². The summed E-state index contributed by atoms with van der Waals surface area (Å²) in [4.78, 5) is 17.5. The molecule has 0 spiro atoms. The molecule has 0 bridgehead atoms. The zero-order valence-corrected chi connectivity index (χ0v) is 18.8. The average molecular weight is 420 g/mol. The molecule has 1 aliphatic rings. The van der Waals surface area contributed by atoms with E-state index in [9.17, 15) is 9.18 Å². The van der Waals surface area contributed by atoms with Crippen molar-refractivity contribution in [2.24, 2.45) is 0 Å². The van der Waals surface area contributed by atoms with Crippen LogP contribution in [0.2, 0.25) is 0 Å². The number of aromatic nitrogens is 1. The lowest BCUT2D eigenvalue weighted by atomic mass is 10.1. The van der Waals surface area contributed by atoms with E-state index in [-0.39, 0.29) is 11.7 Å². The molecule has 162 valence electrons. The second-order valence-corrected chi connectivity index (χ2v) is 8.49. The maximum absolute atomic E-state index is 14.2. The van der Waals surface area contributed by atoms with E-state index in [1.807, 2.05) is 22.8 Å². The van der Waals surface area contributed by atoms with Crippen molar-refractivity contribution in [3.05, 3.63) is 88.0 Å². The molecule has 1 aliphatic heterocycles. The van der Waals surface area contributed by atoms with Crippen molar-refractivity contribution in [3.63, 3.8) is 0 Å². The fourth-order valence-electron chi connectivity index (χ4n) is 4.50. The topological polar surface area (TPSA) is 28.5 Å². The molecule has 0 atom stereocenters. The van der Waals surface area contributed by atoms with Gasteiger partial charge in [0.05, 0.1) is 5.69 Å². The van der Waals surface area contributed by atoms with Gasteiger partial charge in [0, 0.05) is 38.4 Å². The summed E-state index contributed by atoms with van der Waals surface area (Å²) in [6.45, 7) is 11.4. The van der Waals surface area contributed by atoms with Gasteiger partial charge in [0.15, 0.2) is 0 Å². The van der Waals surface area contributed by atoms with Crippen molar-refractivity contribution in [3.8, 4) is 0 Å². The number of carbonyl (C=O) groups excluding carboxylic acids is 1. The van der Waals surface area contributed by atoms with Gasteiger partial charge in [0.25, 0.3) is 5.91 Å². The van der Waals surface area contributed by atoms with Crippen molar-refractivity contribution in [1.82, 2.24) is 9.47 Å². The molecule has 1 aromatic heterocycles. The number of anilines is 1. The summed E-state index contributed by atoms with van der Waals surface area (Å²) >= 11 is 0. The van der Waals surface area contributed by atoms with Gasteiger partial charge in [-0.1, -0.05) is 42.0 Å². The van der Waals surface area contributed by atoms with E-state index in [1.54, 1.807) is 12.1 Å². The van der Waals surface area contributed by atoms with Crippen molar-refractivity contribution in [2.75, 3.05) is 31.1 Å². The molecule has 2 aromatic carbocycles. The Hall–Kier alpha value is -3.08. The SMILES string of the molecule is Cc1cccc(Cn2c(C)c(C)c(C)c2C(=O)N2CCN(c3ccccc3F)CC2)c1. The molecule has 0 radical (unpaired) electrons. The number of nitrogens with zero attached hydrogens (tertiary/aromatic N) is 3. The first-order valence-electron chi connectivity index (χ1n) is 10.9. The standard InChI is InChI=1S/C26H30FN3O/c1-18-8-7-9-22(16-18)17-30-21(4)19(2)20(3)25(30)26(31)29-14-12-28(13-15-29)24-11-6-5-10-23(24)27/h5-11,16H,12-15,17H2,1-4H3. The largest absolute Gasteiger partial charge is 0.366 e. The fourth-order valence-corrected chi connectivity index (χ4v) is 4.50. The number of hydrogen-bond donors (Lipinski definition) is 0. The lowest BCUT2D eigenvalue weighted by Crippen LogP contribution is -2.49. The first-order chi connectivity index (χ1) is 14.9. The van der Waals surface area contributed by atoms with Crippen molar-refractivity contribution >= 4 is 11.6 Å². The summed E-state index contributed by atoms with van der Waals surface area (Å²) < 4.78 is 16.3. The van der Waals surface area contributed by atoms with Crippen molar-refractivity contribution in [1.29, 1.82) is 0 Å². The Morgan fingerprint density at radius 3 is 2.29 bits per heavy atom. The maximum atomic E-state index is 14.2. The van der Waals surface area contributed by atoms with Gasteiger partial charge >= 0.3 is 0 Å². The van der Waals surface area contributed by atoms with E-state index in [4.69, 9.17) is 0 Å². The molecule has 1 saturated heterocycles. The molecule has 0 aliphatic carbocycles. The number of hydrogen-bond acceptors (Lipinski definition) is 2. The molecular weight excluding hydrogens is 389 g/mol. The van der Waals surface area contributed by atoms with Gasteiger partial charge in [0.2, 0.25) is 0 Å². The summed E-state index contributed by atoms with van der Waals surface area (Å²) in [6, 6.07) is 15.3. The summed E-state index contributed by atoms with van der Waals surface area (Å²) in [7, 11) is 0. The number of rotatable bonds is 4. The molecule has 4 rings (SSSR count). The van der Waals surface area contributed by atoms with Crippen LogP contribution in [0.5, 0.6) is 0 Å². The molecule has 1 amide bonds. The molecule has 3 aromatic rings. The average Bonchev–Trinajstić information content (AvgIpc) is 2.97. The molecule has 0 N–H and O–H groups in total. The highest BCUT2D eigenvalue weighted by atomic mass is 19.1. The normalized spacial score (nSPS) is 14.2. The third-order valence-corrected chi connectivity index (χ3v) is 6.52. The molecule has 31 heavy (non-hydrogen) atoms. The summed E-state index contributed by atoms with van der Waals surface area (Å²) in [5, 5.41) is 0. The van der Waals surface area contributed by atoms with Crippen LogP contribution in [0.3, 0.4) is 0 Å². The number of aryl methyl sites for hydroxylation is 1. The fraction of sp³-hybridized carbons (Fsp3) is 0.346. The van der Waals surface area contributed by atoms with Crippen molar-refractivity contribution < 1.29 is 9.18 Å². The number of piperazine rings is 1. The van der Waals surface area contributed by atoms with Crippen LogP contribution in [0.4, 0.5) is 10.1 Å². The molecule has 5 heteroatoms. The highest BCUT2D eigenvalue weighted by Gasteiger charge is 2.28. The second-order valence-electron chi connectivity index (χ2n) is 8.49. The predicted molar refractivity (Wildman–Crippen MR) is 123 cm³/mol. The molecule has 0 unspecified atom stereocenters. The van der Waals surface area contributed by atoms with E-state index in [2.05, 4.69) is 49.6 Å². The summed E-state index contributed by atoms with van der Waals surface area (Å²) in [5.74, 6) is -0.147. The third-order valence-electron chi connectivity index (χ3n) is 6.52. The Morgan fingerprint density at radius 1 is 0.903 bits per heavy atom. The monoisotopic (exact) mass is 419 g/mol. The van der Waals surface area contributed by atoms with E-state index in [1.165, 1.54) is 22.8 Å². The lowest BCUT2D eigenvalue weighted by Gasteiger charge is -2.36. The quantitative estimate of drug-likeness (QED) is 0.604. The van der Waals surface area contributed by atoms with E-state index in [0.29, 0.717) is 38.4 Å². The Kier molecular flexibility index (Phi) is 5.86. The first-order valence-corrected chi connectivity index (χ1v) is 10.9. The number of para-hydroxylation sites is 1. The zero-order valence-electron chi connectivity index (χ0n) is 18.8. The molecule has 4 nitrogen and oxygen atoms in total. The molecule has 1 fully saturated rings. The maximum Gasteiger partial charge on any atom is 0.270 e. The van der Waals surface area contributed by atoms with E-state index < -0.39 is 0 Å². The second kappa shape index (κ2) is 8.58. The number of halogens is 1. The number of carbonyl (C=O) groups is 1. The van der Waals surface area contributed by atoms with Crippen LogP contribution in [0.1, 0.15) is 38.4 Å². The minimum Gasteiger partial charge on any atom is -0.366 e. The van der Waals surface area contributed by atoms with Crippen LogP contribution >= 0.6 is 0 Å². The van der Waals surface area contributed by atoms with E-state index in [0.717, 1.165) is 17.0 Å². The van der Waals surface area contributed by atoms with E-state index >= 15 is 0 Å². The lowest BCUT2D eigenvalue weighted by molar-refractivity contribution is 0.0735. The minimum absolute atomic E-state index is 0.0644. The van der Waals surface area contributed by atoms with Crippen LogP contribution in [-0.4, -0.2) is 41.6 Å². The van der Waals surface area contributed by atoms with Gasteiger partial charge in [-0.25, -0.2) is 4.39 Å². The number of amides is 1. The first kappa shape index (κ1) is 21.2. The van der Waals surface area contributed by atoms with Gasteiger partial charge in [-0.2, -0.15) is 0 Å². The highest BCUT2D eigenvalue weighted by molar-refractivity contribution is 5.95. The number of benzene rings is 2. The Labute approximate surface area is 183 Å². The van der Waals surface area contributed by atoms with Crippen LogP contribution in [0.15, 0.2) is 48.5 Å². The van der Waals surface area contributed by atoms with Crippen LogP contribution in [-0.2, 0) is 6.54 Å². The predicted octanol–water partition coefficient (Wildman–Crippen LogP) is 4.87. The van der Waals surface area contributed by atoms with Gasteiger partial charge in [-0.3, -0.25) is 4.79 Å². The van der Waals surface area contributed by atoms with Crippen LogP contribution in [0, 0.1) is 33.5 Å². The molecular formula is C26H30FN3O.